The summed E-state index contributed by atoms with van der Waals surface area (Å²) in [6.45, 7) is 1.53. The molecule has 3 heterocycles. The molecule has 0 radical (unpaired) electrons. The molecule has 0 aliphatic carbocycles. The van der Waals surface area contributed by atoms with Crippen molar-refractivity contribution in [2.24, 2.45) is 5.92 Å². The molecule has 2 atom stereocenters. The molecule has 1 saturated heterocycles. The van der Waals surface area contributed by atoms with Gasteiger partial charge in [-0.1, -0.05) is 0 Å². The number of anilines is 1. The van der Waals surface area contributed by atoms with Crippen LogP contribution in [0.3, 0.4) is 0 Å². The van der Waals surface area contributed by atoms with Crippen molar-refractivity contribution < 1.29 is 4.74 Å². The Morgan fingerprint density at radius 3 is 3.05 bits per heavy atom. The first-order chi connectivity index (χ1) is 10.4. The summed E-state index contributed by atoms with van der Waals surface area (Å²) in [6, 6.07) is 1.95. The van der Waals surface area contributed by atoms with Gasteiger partial charge in [0.2, 0.25) is 0 Å². The third kappa shape index (κ3) is 3.17. The van der Waals surface area contributed by atoms with Gasteiger partial charge in [-0.05, 0) is 12.8 Å². The minimum Gasteiger partial charge on any atom is -0.373 e. The number of H-pyrrole nitrogens is 1. The number of nitrogens with one attached hydrogen (secondary N) is 2. The quantitative estimate of drug-likeness (QED) is 0.885. The van der Waals surface area contributed by atoms with Crippen LogP contribution in [0.2, 0.25) is 0 Å². The molecule has 0 amide bonds. The maximum Gasteiger partial charge on any atom is 0.158 e. The highest BCUT2D eigenvalue weighted by Gasteiger charge is 2.28. The van der Waals surface area contributed by atoms with Crippen molar-refractivity contribution in [3.8, 4) is 6.07 Å². The van der Waals surface area contributed by atoms with Gasteiger partial charge in [-0.25, -0.2) is 9.97 Å². The van der Waals surface area contributed by atoms with E-state index in [1.807, 2.05) is 18.5 Å². The first kappa shape index (κ1) is 13.5. The lowest BCUT2D eigenvalue weighted by atomic mass is 9.91. The third-order valence-corrected chi connectivity index (χ3v) is 3.60. The molecule has 0 bridgehead atoms. The minimum absolute atomic E-state index is 0.0522. The standard InChI is InChI=1S/C14H16N6O/c15-4-12-8-18-13(9-16-12)17-5-10-2-1-3-21-14(10)11-6-19-20-7-11/h6-10,14H,1-3,5H2,(H,17,18)(H,19,20)/t10-,14+/m0/s1. The Labute approximate surface area is 122 Å². The summed E-state index contributed by atoms with van der Waals surface area (Å²) < 4.78 is 5.88. The van der Waals surface area contributed by atoms with Gasteiger partial charge in [-0.2, -0.15) is 10.4 Å². The van der Waals surface area contributed by atoms with Crippen LogP contribution in [0, 0.1) is 17.2 Å². The first-order valence-corrected chi connectivity index (χ1v) is 6.93. The van der Waals surface area contributed by atoms with E-state index in [0.717, 1.165) is 31.6 Å². The predicted octanol–water partition coefficient (Wildman–Crippen LogP) is 1.65. The second kappa shape index (κ2) is 6.33. The summed E-state index contributed by atoms with van der Waals surface area (Å²) in [5.41, 5.74) is 1.39. The molecule has 3 rings (SSSR count). The number of hydrogen-bond donors (Lipinski definition) is 2. The number of aromatic nitrogens is 4. The molecule has 21 heavy (non-hydrogen) atoms. The Hall–Kier alpha value is -2.46. The number of hydrogen-bond acceptors (Lipinski definition) is 6. The topological polar surface area (TPSA) is 99.5 Å². The fourth-order valence-electron chi connectivity index (χ4n) is 2.55. The van der Waals surface area contributed by atoms with Crippen LogP contribution in [0.1, 0.15) is 30.2 Å². The van der Waals surface area contributed by atoms with Crippen LogP contribution in [0.4, 0.5) is 5.82 Å². The van der Waals surface area contributed by atoms with E-state index in [9.17, 15) is 0 Å². The molecule has 0 spiro atoms. The van der Waals surface area contributed by atoms with Gasteiger partial charge in [0, 0.05) is 30.8 Å². The second-order valence-electron chi connectivity index (χ2n) is 5.00. The summed E-state index contributed by atoms with van der Waals surface area (Å²) >= 11 is 0. The van der Waals surface area contributed by atoms with Crippen molar-refractivity contribution in [3.63, 3.8) is 0 Å². The van der Waals surface area contributed by atoms with Crippen molar-refractivity contribution in [3.05, 3.63) is 36.0 Å². The van der Waals surface area contributed by atoms with Crippen LogP contribution >= 0.6 is 0 Å². The highest BCUT2D eigenvalue weighted by Crippen LogP contribution is 2.33. The van der Waals surface area contributed by atoms with Crippen molar-refractivity contribution in [1.29, 1.82) is 5.26 Å². The van der Waals surface area contributed by atoms with E-state index < -0.39 is 0 Å². The zero-order valence-corrected chi connectivity index (χ0v) is 11.5. The van der Waals surface area contributed by atoms with Gasteiger partial charge in [0.1, 0.15) is 11.9 Å². The van der Waals surface area contributed by atoms with Gasteiger partial charge < -0.3 is 10.1 Å². The lowest BCUT2D eigenvalue weighted by molar-refractivity contribution is -0.0238. The van der Waals surface area contributed by atoms with E-state index in [1.54, 1.807) is 6.20 Å². The highest BCUT2D eigenvalue weighted by atomic mass is 16.5. The summed E-state index contributed by atoms with van der Waals surface area (Å²) in [6.07, 6.45) is 8.93. The Balaban J connectivity index is 1.63. The van der Waals surface area contributed by atoms with E-state index in [2.05, 4.69) is 25.5 Å². The van der Waals surface area contributed by atoms with Crippen LogP contribution in [0.25, 0.3) is 0 Å². The molecule has 1 fully saturated rings. The number of rotatable bonds is 4. The van der Waals surface area contributed by atoms with E-state index >= 15 is 0 Å². The van der Waals surface area contributed by atoms with Gasteiger partial charge in [-0.15, -0.1) is 0 Å². The zero-order valence-electron chi connectivity index (χ0n) is 11.5. The largest absolute Gasteiger partial charge is 0.373 e. The molecule has 1 aliphatic heterocycles. The Morgan fingerprint density at radius 1 is 1.38 bits per heavy atom. The number of nitriles is 1. The molecule has 0 aromatic carbocycles. The number of nitrogens with zero attached hydrogens (tertiary/aromatic N) is 4. The average molecular weight is 284 g/mol. The van der Waals surface area contributed by atoms with E-state index in [4.69, 9.17) is 10.00 Å². The van der Waals surface area contributed by atoms with E-state index in [-0.39, 0.29) is 6.10 Å². The average Bonchev–Trinajstić information content (AvgIpc) is 3.08. The van der Waals surface area contributed by atoms with Crippen molar-refractivity contribution in [2.75, 3.05) is 18.5 Å². The normalized spacial score (nSPS) is 21.7. The van der Waals surface area contributed by atoms with Gasteiger partial charge in [0.05, 0.1) is 24.7 Å². The number of aromatic amines is 1. The molecule has 7 nitrogen and oxygen atoms in total. The lowest BCUT2D eigenvalue weighted by Crippen LogP contribution is -2.28. The van der Waals surface area contributed by atoms with Crippen LogP contribution < -0.4 is 5.32 Å². The monoisotopic (exact) mass is 284 g/mol. The fourth-order valence-corrected chi connectivity index (χ4v) is 2.55. The molecule has 0 saturated carbocycles. The minimum atomic E-state index is 0.0522. The highest BCUT2D eigenvalue weighted by molar-refractivity contribution is 5.33. The Bertz CT molecular complexity index is 603. The zero-order chi connectivity index (χ0) is 14.5. The van der Waals surface area contributed by atoms with Crippen LogP contribution in [-0.2, 0) is 4.74 Å². The predicted molar refractivity (Wildman–Crippen MR) is 75.2 cm³/mol. The molecule has 7 heteroatoms. The fraction of sp³-hybridized carbons (Fsp3) is 0.429. The lowest BCUT2D eigenvalue weighted by Gasteiger charge is -2.31. The summed E-state index contributed by atoms with van der Waals surface area (Å²) in [5.74, 6) is 1.03. The molecule has 2 aromatic heterocycles. The SMILES string of the molecule is N#Cc1cnc(NC[C@@H]2CCCO[C@H]2c2cn[nH]c2)cn1. The van der Waals surface area contributed by atoms with Gasteiger partial charge in [0.15, 0.2) is 5.69 Å². The Kier molecular flexibility index (Phi) is 4.07. The van der Waals surface area contributed by atoms with Crippen LogP contribution in [-0.4, -0.2) is 33.3 Å². The smallest absolute Gasteiger partial charge is 0.158 e. The summed E-state index contributed by atoms with van der Waals surface area (Å²) in [7, 11) is 0. The number of ether oxygens (including phenoxy) is 1. The molecule has 108 valence electrons. The van der Waals surface area contributed by atoms with Crippen LogP contribution in [0.5, 0.6) is 0 Å². The first-order valence-electron chi connectivity index (χ1n) is 6.93. The summed E-state index contributed by atoms with van der Waals surface area (Å²) in [4.78, 5) is 8.16. The molecular formula is C14H16N6O. The van der Waals surface area contributed by atoms with E-state index in [1.165, 1.54) is 6.20 Å². The Morgan fingerprint density at radius 2 is 2.33 bits per heavy atom. The molecular weight excluding hydrogens is 268 g/mol. The molecule has 1 aliphatic rings. The van der Waals surface area contributed by atoms with E-state index in [0.29, 0.717) is 17.4 Å². The van der Waals surface area contributed by atoms with Gasteiger partial charge in [0.25, 0.3) is 0 Å². The third-order valence-electron chi connectivity index (χ3n) is 3.60. The maximum absolute atomic E-state index is 8.70. The van der Waals surface area contributed by atoms with Gasteiger partial charge >= 0.3 is 0 Å². The van der Waals surface area contributed by atoms with Gasteiger partial charge in [-0.3, -0.25) is 5.10 Å². The molecule has 2 N–H and O–H groups in total. The second-order valence-corrected chi connectivity index (χ2v) is 5.00. The van der Waals surface area contributed by atoms with Crippen molar-refractivity contribution >= 4 is 5.82 Å². The van der Waals surface area contributed by atoms with Crippen LogP contribution in [0.15, 0.2) is 24.8 Å². The van der Waals surface area contributed by atoms with Crippen molar-refractivity contribution in [2.45, 2.75) is 18.9 Å². The summed E-state index contributed by atoms with van der Waals surface area (Å²) in [5, 5.41) is 18.8. The molecule has 0 unspecified atom stereocenters. The maximum atomic E-state index is 8.70. The van der Waals surface area contributed by atoms with Crippen molar-refractivity contribution in [1.82, 2.24) is 20.2 Å². The molecule has 2 aromatic rings.